The first-order chi connectivity index (χ1) is 11.7. The topological polar surface area (TPSA) is 114 Å². The summed E-state index contributed by atoms with van der Waals surface area (Å²) in [7, 11) is 1.47. The molecule has 1 aromatic carbocycles. The van der Waals surface area contributed by atoms with Gasteiger partial charge in [0, 0.05) is 18.0 Å². The van der Waals surface area contributed by atoms with Gasteiger partial charge >= 0.3 is 5.97 Å². The van der Waals surface area contributed by atoms with Gasteiger partial charge < -0.3 is 14.4 Å². The van der Waals surface area contributed by atoms with Crippen LogP contribution in [0.25, 0.3) is 0 Å². The number of carboxylic acid groups (broad SMARTS) is 1. The number of nitro benzene ring substituents is 1. The largest absolute Gasteiger partial charge is 0.478 e. The number of rotatable bonds is 6. The fourth-order valence-corrected chi connectivity index (χ4v) is 2.76. The monoisotopic (exact) mass is 364 g/mol. The third-order valence-corrected chi connectivity index (χ3v) is 4.30. The molecular weight excluding hydrogens is 348 g/mol. The maximum atomic E-state index is 12.6. The minimum atomic E-state index is -1.12. The Bertz CT molecular complexity index is 845. The molecule has 1 heterocycles. The summed E-state index contributed by atoms with van der Waals surface area (Å²) in [5.41, 5.74) is -0.288. The zero-order valence-electron chi connectivity index (χ0n) is 13.8. The minimum Gasteiger partial charge on any atom is -0.478 e. The van der Waals surface area contributed by atoms with Gasteiger partial charge in [0.05, 0.1) is 11.5 Å². The van der Waals surface area contributed by atoms with Gasteiger partial charge in [0.25, 0.3) is 11.6 Å². The smallest absolute Gasteiger partial charge is 0.339 e. The van der Waals surface area contributed by atoms with E-state index in [1.54, 1.807) is 12.3 Å². The number of furan rings is 1. The summed E-state index contributed by atoms with van der Waals surface area (Å²) >= 11 is 1.37. The van der Waals surface area contributed by atoms with Gasteiger partial charge in [-0.25, -0.2) is 4.79 Å². The molecule has 0 aliphatic rings. The molecule has 0 saturated carbocycles. The molecule has 0 aliphatic carbocycles. The Hall–Kier alpha value is -2.81. The first kappa shape index (κ1) is 18.5. The lowest BCUT2D eigenvalue weighted by molar-refractivity contribution is -0.385. The van der Waals surface area contributed by atoms with Crippen molar-refractivity contribution in [2.24, 2.45) is 0 Å². The van der Waals surface area contributed by atoms with E-state index in [0.29, 0.717) is 0 Å². The summed E-state index contributed by atoms with van der Waals surface area (Å²) in [5, 5.41) is 20.2. The molecule has 8 nitrogen and oxygen atoms in total. The fourth-order valence-electron chi connectivity index (χ4n) is 2.32. The van der Waals surface area contributed by atoms with E-state index in [4.69, 9.17) is 9.52 Å². The second kappa shape index (κ2) is 7.39. The summed E-state index contributed by atoms with van der Waals surface area (Å²) in [4.78, 5) is 36.2. The Balaban J connectivity index is 2.29. The van der Waals surface area contributed by atoms with Gasteiger partial charge in [0.15, 0.2) is 0 Å². The van der Waals surface area contributed by atoms with E-state index in [9.17, 15) is 19.7 Å². The summed E-state index contributed by atoms with van der Waals surface area (Å²) < 4.78 is 5.34. The molecule has 2 rings (SSSR count). The highest BCUT2D eigenvalue weighted by molar-refractivity contribution is 7.98. The summed E-state index contributed by atoms with van der Waals surface area (Å²) in [6, 6.07) is 5.69. The maximum absolute atomic E-state index is 12.6. The van der Waals surface area contributed by atoms with Crippen LogP contribution in [0.5, 0.6) is 0 Å². The van der Waals surface area contributed by atoms with Gasteiger partial charge in [-0.15, -0.1) is 11.8 Å². The van der Waals surface area contributed by atoms with Gasteiger partial charge in [-0.05, 0) is 31.4 Å². The Labute approximate surface area is 147 Å². The number of thioether (sulfide) groups is 1. The molecule has 0 saturated heterocycles. The number of aryl methyl sites for hydroxylation is 1. The quantitative estimate of drug-likeness (QED) is 0.475. The Morgan fingerprint density at radius 1 is 1.32 bits per heavy atom. The highest BCUT2D eigenvalue weighted by Gasteiger charge is 2.24. The van der Waals surface area contributed by atoms with Crippen LogP contribution in [-0.4, -0.2) is 40.1 Å². The predicted octanol–water partition coefficient (Wildman–Crippen LogP) is 3.19. The number of nitrogens with zero attached hydrogens (tertiary/aromatic N) is 2. The lowest BCUT2D eigenvalue weighted by atomic mass is 10.1. The number of hydrogen-bond acceptors (Lipinski definition) is 6. The second-order valence-corrected chi connectivity index (χ2v) is 6.17. The molecular formula is C16H16N2O6S. The average molecular weight is 364 g/mol. The number of nitro groups is 1. The molecule has 2 aromatic rings. The average Bonchev–Trinajstić information content (AvgIpc) is 2.93. The van der Waals surface area contributed by atoms with Gasteiger partial charge in [-0.2, -0.15) is 0 Å². The summed E-state index contributed by atoms with van der Waals surface area (Å²) in [6.07, 6.45) is 1.80. The van der Waals surface area contributed by atoms with Crippen molar-refractivity contribution in [3.8, 4) is 0 Å². The Kier molecular flexibility index (Phi) is 5.48. The van der Waals surface area contributed by atoms with Gasteiger partial charge in [0.1, 0.15) is 22.6 Å². The molecule has 0 atom stereocenters. The zero-order valence-corrected chi connectivity index (χ0v) is 14.6. The van der Waals surface area contributed by atoms with E-state index < -0.39 is 16.8 Å². The van der Waals surface area contributed by atoms with Crippen LogP contribution < -0.4 is 0 Å². The van der Waals surface area contributed by atoms with Crippen molar-refractivity contribution in [1.29, 1.82) is 0 Å². The van der Waals surface area contributed by atoms with Crippen molar-refractivity contribution in [3.63, 3.8) is 0 Å². The predicted molar refractivity (Wildman–Crippen MR) is 91.1 cm³/mol. The molecule has 132 valence electrons. The molecule has 9 heteroatoms. The van der Waals surface area contributed by atoms with E-state index >= 15 is 0 Å². The molecule has 1 aromatic heterocycles. The van der Waals surface area contributed by atoms with Crippen LogP contribution in [0.3, 0.4) is 0 Å². The van der Waals surface area contributed by atoms with E-state index in [0.717, 1.165) is 4.90 Å². The van der Waals surface area contributed by atoms with E-state index in [2.05, 4.69) is 0 Å². The number of carbonyl (C=O) groups is 2. The molecule has 0 aliphatic heterocycles. The zero-order chi connectivity index (χ0) is 18.7. The normalized spacial score (nSPS) is 10.5. The second-order valence-electron chi connectivity index (χ2n) is 5.29. The standard InChI is InChI=1S/C16H16N2O6S/c1-9-12(16(20)21)6-10(24-9)8-17(2)15(19)13-7-11(25-3)4-5-14(13)18(22)23/h4-7H,8H2,1-3H3,(H,20,21). The third-order valence-electron chi connectivity index (χ3n) is 3.57. The van der Waals surface area contributed by atoms with Crippen LogP contribution in [0.15, 0.2) is 33.6 Å². The Morgan fingerprint density at radius 3 is 2.52 bits per heavy atom. The maximum Gasteiger partial charge on any atom is 0.339 e. The van der Waals surface area contributed by atoms with Crippen molar-refractivity contribution in [2.75, 3.05) is 13.3 Å². The van der Waals surface area contributed by atoms with Crippen molar-refractivity contribution < 1.29 is 24.0 Å². The highest BCUT2D eigenvalue weighted by atomic mass is 32.2. The number of carbonyl (C=O) groups excluding carboxylic acids is 1. The third kappa shape index (κ3) is 4.00. The number of benzene rings is 1. The fraction of sp³-hybridized carbons (Fsp3) is 0.250. The van der Waals surface area contributed by atoms with Crippen LogP contribution in [0.2, 0.25) is 0 Å². The number of carboxylic acids is 1. The number of aromatic carboxylic acids is 1. The van der Waals surface area contributed by atoms with Crippen LogP contribution in [0.4, 0.5) is 5.69 Å². The van der Waals surface area contributed by atoms with Crippen molar-refractivity contribution >= 4 is 29.3 Å². The number of hydrogen-bond donors (Lipinski definition) is 1. The molecule has 1 N–H and O–H groups in total. The summed E-state index contributed by atoms with van der Waals surface area (Å²) in [6.45, 7) is 1.51. The molecule has 25 heavy (non-hydrogen) atoms. The Morgan fingerprint density at radius 2 is 2.00 bits per heavy atom. The van der Waals surface area contributed by atoms with Crippen LogP contribution >= 0.6 is 11.8 Å². The van der Waals surface area contributed by atoms with Gasteiger partial charge in [-0.1, -0.05) is 0 Å². The molecule has 0 unspecified atom stereocenters. The lowest BCUT2D eigenvalue weighted by Crippen LogP contribution is -2.26. The van der Waals surface area contributed by atoms with Crippen LogP contribution in [0.1, 0.15) is 32.2 Å². The molecule has 0 spiro atoms. The number of amides is 1. The first-order valence-electron chi connectivity index (χ1n) is 7.15. The van der Waals surface area contributed by atoms with E-state index in [1.807, 2.05) is 0 Å². The lowest BCUT2D eigenvalue weighted by Gasteiger charge is -2.16. The van der Waals surface area contributed by atoms with E-state index in [1.165, 1.54) is 48.8 Å². The van der Waals surface area contributed by atoms with E-state index in [-0.39, 0.29) is 34.9 Å². The first-order valence-corrected chi connectivity index (χ1v) is 8.37. The van der Waals surface area contributed by atoms with Crippen molar-refractivity contribution in [2.45, 2.75) is 18.4 Å². The van der Waals surface area contributed by atoms with Gasteiger partial charge in [0.2, 0.25) is 0 Å². The molecule has 0 radical (unpaired) electrons. The molecule has 1 amide bonds. The van der Waals surface area contributed by atoms with Crippen molar-refractivity contribution in [3.05, 3.63) is 57.0 Å². The van der Waals surface area contributed by atoms with Gasteiger partial charge in [-0.3, -0.25) is 14.9 Å². The SMILES string of the molecule is CSc1ccc([N+](=O)[O-])c(C(=O)N(C)Cc2cc(C(=O)O)c(C)o2)c1. The van der Waals surface area contributed by atoms with Crippen molar-refractivity contribution in [1.82, 2.24) is 4.90 Å². The van der Waals surface area contributed by atoms with Crippen LogP contribution in [-0.2, 0) is 6.54 Å². The van der Waals surface area contributed by atoms with Crippen LogP contribution in [0, 0.1) is 17.0 Å². The minimum absolute atomic E-state index is 0.00635. The molecule has 0 fully saturated rings. The molecule has 0 bridgehead atoms. The summed E-state index contributed by atoms with van der Waals surface area (Å²) in [5.74, 6) is -1.15. The highest BCUT2D eigenvalue weighted by Crippen LogP contribution is 2.26.